The average molecular weight is 227 g/mol. The summed E-state index contributed by atoms with van der Waals surface area (Å²) in [5, 5.41) is 3.82. The molecule has 1 nitrogen and oxygen atoms in total. The van der Waals surface area contributed by atoms with Crippen LogP contribution in [0.2, 0.25) is 0 Å². The Morgan fingerprint density at radius 2 is 1.73 bits per heavy atom. The fourth-order valence-corrected chi connectivity index (χ4v) is 4.03. The van der Waals surface area contributed by atoms with Crippen LogP contribution < -0.4 is 5.32 Å². The zero-order valence-corrected chi connectivity index (χ0v) is 10.9. The summed E-state index contributed by atoms with van der Waals surface area (Å²) in [4.78, 5) is 0. The molecule has 2 fully saturated rings. The van der Waals surface area contributed by atoms with Crippen LogP contribution in [-0.4, -0.2) is 23.6 Å². The number of thioether (sulfide) groups is 1. The van der Waals surface area contributed by atoms with Crippen LogP contribution >= 0.6 is 11.8 Å². The highest BCUT2D eigenvalue weighted by molar-refractivity contribution is 8.00. The smallest absolute Gasteiger partial charge is 0.0281 e. The van der Waals surface area contributed by atoms with E-state index in [2.05, 4.69) is 23.3 Å². The molecule has 0 aromatic rings. The molecule has 0 radical (unpaired) electrons. The molecule has 0 bridgehead atoms. The second-order valence-corrected chi connectivity index (χ2v) is 6.58. The van der Waals surface area contributed by atoms with Gasteiger partial charge in [0, 0.05) is 17.3 Å². The standard InChI is InChI=1S/C13H25NS/c1-15-13(9-5-2-6-10-13)11-14-12-7-3-4-8-12/h12,14H,2-11H2,1H3. The molecule has 0 spiro atoms. The van der Waals surface area contributed by atoms with Gasteiger partial charge in [0.1, 0.15) is 0 Å². The van der Waals surface area contributed by atoms with E-state index in [4.69, 9.17) is 0 Å². The second kappa shape index (κ2) is 5.58. The Hall–Kier alpha value is 0.310. The third-order valence-electron chi connectivity index (χ3n) is 4.27. The van der Waals surface area contributed by atoms with Crippen molar-refractivity contribution < 1.29 is 0 Å². The van der Waals surface area contributed by atoms with Crippen LogP contribution in [0.4, 0.5) is 0 Å². The van der Waals surface area contributed by atoms with E-state index >= 15 is 0 Å². The van der Waals surface area contributed by atoms with Crippen molar-refractivity contribution in [1.29, 1.82) is 0 Å². The first-order valence-corrected chi connectivity index (χ1v) is 7.86. The van der Waals surface area contributed by atoms with E-state index in [0.29, 0.717) is 4.75 Å². The zero-order valence-electron chi connectivity index (χ0n) is 10.1. The molecule has 0 atom stereocenters. The predicted molar refractivity (Wildman–Crippen MR) is 69.6 cm³/mol. The summed E-state index contributed by atoms with van der Waals surface area (Å²) in [6, 6.07) is 0.843. The molecule has 2 aliphatic rings. The fourth-order valence-electron chi connectivity index (χ4n) is 3.11. The molecule has 0 heterocycles. The molecule has 2 saturated carbocycles. The summed E-state index contributed by atoms with van der Waals surface area (Å²) in [6.07, 6.45) is 15.3. The van der Waals surface area contributed by atoms with Crippen molar-refractivity contribution in [3.8, 4) is 0 Å². The van der Waals surface area contributed by atoms with E-state index in [1.807, 2.05) is 0 Å². The summed E-state index contributed by atoms with van der Waals surface area (Å²) in [6.45, 7) is 1.26. The van der Waals surface area contributed by atoms with E-state index in [9.17, 15) is 0 Å². The lowest BCUT2D eigenvalue weighted by molar-refractivity contribution is 0.361. The van der Waals surface area contributed by atoms with Crippen molar-refractivity contribution >= 4 is 11.8 Å². The van der Waals surface area contributed by atoms with Crippen molar-refractivity contribution in [2.45, 2.75) is 68.6 Å². The molecular weight excluding hydrogens is 202 g/mol. The SMILES string of the molecule is CSC1(CNC2CCCC2)CCCCC1. The first kappa shape index (κ1) is 11.8. The number of nitrogens with one attached hydrogen (secondary N) is 1. The van der Waals surface area contributed by atoms with E-state index < -0.39 is 0 Å². The normalized spacial score (nSPS) is 27.0. The lowest BCUT2D eigenvalue weighted by Gasteiger charge is -2.37. The Morgan fingerprint density at radius 1 is 1.07 bits per heavy atom. The van der Waals surface area contributed by atoms with Gasteiger partial charge in [0.15, 0.2) is 0 Å². The van der Waals surface area contributed by atoms with Gasteiger partial charge in [0.25, 0.3) is 0 Å². The van der Waals surface area contributed by atoms with Crippen molar-refractivity contribution in [2.24, 2.45) is 0 Å². The van der Waals surface area contributed by atoms with Crippen molar-refractivity contribution in [1.82, 2.24) is 5.32 Å². The molecule has 15 heavy (non-hydrogen) atoms. The summed E-state index contributed by atoms with van der Waals surface area (Å²) >= 11 is 2.11. The minimum Gasteiger partial charge on any atom is -0.313 e. The number of rotatable bonds is 4. The summed E-state index contributed by atoms with van der Waals surface area (Å²) in [5.41, 5.74) is 0. The van der Waals surface area contributed by atoms with Crippen LogP contribution in [0, 0.1) is 0 Å². The molecule has 88 valence electrons. The number of hydrogen-bond donors (Lipinski definition) is 1. The summed E-state index contributed by atoms with van der Waals surface area (Å²) in [7, 11) is 0. The van der Waals surface area contributed by atoms with Crippen LogP contribution in [0.1, 0.15) is 57.8 Å². The van der Waals surface area contributed by atoms with Crippen LogP contribution in [-0.2, 0) is 0 Å². The van der Waals surface area contributed by atoms with E-state index in [0.717, 1.165) is 6.04 Å². The lowest BCUT2D eigenvalue weighted by atomic mass is 9.88. The van der Waals surface area contributed by atoms with Crippen LogP contribution in [0.3, 0.4) is 0 Å². The monoisotopic (exact) mass is 227 g/mol. The van der Waals surface area contributed by atoms with Crippen molar-refractivity contribution in [3.63, 3.8) is 0 Å². The highest BCUT2D eigenvalue weighted by Gasteiger charge is 2.31. The zero-order chi connectivity index (χ0) is 10.6. The van der Waals surface area contributed by atoms with Crippen molar-refractivity contribution in [3.05, 3.63) is 0 Å². The van der Waals surface area contributed by atoms with Gasteiger partial charge < -0.3 is 5.32 Å². The van der Waals surface area contributed by atoms with Gasteiger partial charge in [-0.2, -0.15) is 11.8 Å². The highest BCUT2D eigenvalue weighted by atomic mass is 32.2. The molecule has 0 saturated heterocycles. The molecule has 0 unspecified atom stereocenters. The summed E-state index contributed by atoms with van der Waals surface area (Å²) < 4.78 is 0.584. The van der Waals surface area contributed by atoms with E-state index in [1.54, 1.807) is 0 Å². The quantitative estimate of drug-likeness (QED) is 0.788. The Balaban J connectivity index is 1.78. The Bertz CT molecular complexity index is 181. The van der Waals surface area contributed by atoms with Gasteiger partial charge >= 0.3 is 0 Å². The first-order valence-electron chi connectivity index (χ1n) is 6.63. The third kappa shape index (κ3) is 3.13. The molecule has 2 rings (SSSR count). The lowest BCUT2D eigenvalue weighted by Crippen LogP contribution is -2.42. The maximum atomic E-state index is 3.82. The maximum Gasteiger partial charge on any atom is 0.0281 e. The van der Waals surface area contributed by atoms with Gasteiger partial charge in [-0.1, -0.05) is 32.1 Å². The molecule has 0 aromatic heterocycles. The largest absolute Gasteiger partial charge is 0.313 e. The molecular formula is C13H25NS. The number of hydrogen-bond acceptors (Lipinski definition) is 2. The van der Waals surface area contributed by atoms with Crippen LogP contribution in [0.25, 0.3) is 0 Å². The van der Waals surface area contributed by atoms with E-state index in [-0.39, 0.29) is 0 Å². The molecule has 0 amide bonds. The third-order valence-corrected chi connectivity index (χ3v) is 5.68. The fraction of sp³-hybridized carbons (Fsp3) is 1.00. The Labute approximate surface area is 98.8 Å². The van der Waals surface area contributed by atoms with Crippen LogP contribution in [0.15, 0.2) is 0 Å². The van der Waals surface area contributed by atoms with Gasteiger partial charge in [-0.3, -0.25) is 0 Å². The minimum absolute atomic E-state index is 0.584. The average Bonchev–Trinajstić information content (AvgIpc) is 2.81. The molecule has 0 aromatic carbocycles. The van der Waals surface area contributed by atoms with Crippen LogP contribution in [0.5, 0.6) is 0 Å². The first-order chi connectivity index (χ1) is 7.35. The van der Waals surface area contributed by atoms with Gasteiger partial charge in [-0.05, 0) is 31.9 Å². The van der Waals surface area contributed by atoms with Gasteiger partial charge in [0.05, 0.1) is 0 Å². The maximum absolute atomic E-state index is 3.82. The molecule has 0 aliphatic heterocycles. The Kier molecular flexibility index (Phi) is 4.39. The highest BCUT2D eigenvalue weighted by Crippen LogP contribution is 2.38. The topological polar surface area (TPSA) is 12.0 Å². The molecule has 2 aliphatic carbocycles. The Morgan fingerprint density at radius 3 is 2.33 bits per heavy atom. The molecule has 1 N–H and O–H groups in total. The van der Waals surface area contributed by atoms with Crippen molar-refractivity contribution in [2.75, 3.05) is 12.8 Å². The van der Waals surface area contributed by atoms with Gasteiger partial charge in [-0.25, -0.2) is 0 Å². The van der Waals surface area contributed by atoms with Gasteiger partial charge in [-0.15, -0.1) is 0 Å². The summed E-state index contributed by atoms with van der Waals surface area (Å²) in [5.74, 6) is 0. The minimum atomic E-state index is 0.584. The second-order valence-electron chi connectivity index (χ2n) is 5.31. The molecule has 2 heteroatoms. The predicted octanol–water partition coefficient (Wildman–Crippen LogP) is 3.58. The van der Waals surface area contributed by atoms with Gasteiger partial charge in [0.2, 0.25) is 0 Å². The van der Waals surface area contributed by atoms with E-state index in [1.165, 1.54) is 64.3 Å².